The predicted molar refractivity (Wildman–Crippen MR) is 144 cm³/mol. The van der Waals surface area contributed by atoms with Crippen molar-refractivity contribution in [2.24, 2.45) is 0 Å². The van der Waals surface area contributed by atoms with Gasteiger partial charge in [0.05, 0.1) is 24.3 Å². The van der Waals surface area contributed by atoms with Crippen LogP contribution in [-0.2, 0) is 45.6 Å². The molecule has 0 aromatic heterocycles. The summed E-state index contributed by atoms with van der Waals surface area (Å²) in [6.45, 7) is 0.993. The average Bonchev–Trinajstić information content (AvgIpc) is 3.42. The number of rotatable bonds is 10. The quantitative estimate of drug-likeness (QED) is 0.152. The molecule has 0 atom stereocenters. The number of methoxy groups -OCH3 is 1. The lowest BCUT2D eigenvalue weighted by Crippen LogP contribution is -2.63. The molecule has 46 heavy (non-hydrogen) atoms. The SMILES string of the molecule is COCCN1C(=O)OC2(CCN(CCCOC(c3cccc(C(F)(F)F)c3)c3cccc(C(F)(F)F)c3)CC2)C12OC(=O)C(=O)O2. The fourth-order valence-corrected chi connectivity index (χ4v) is 5.91. The molecule has 2 aromatic carbocycles. The molecule has 3 fully saturated rings. The highest BCUT2D eigenvalue weighted by Crippen LogP contribution is 2.50. The van der Waals surface area contributed by atoms with E-state index in [0.717, 1.165) is 29.2 Å². The molecule has 0 bridgehead atoms. The first-order valence-corrected chi connectivity index (χ1v) is 14.3. The molecule has 16 heteroatoms. The highest BCUT2D eigenvalue weighted by molar-refractivity contribution is 6.31. The van der Waals surface area contributed by atoms with Crippen molar-refractivity contribution in [1.29, 1.82) is 0 Å². The van der Waals surface area contributed by atoms with Crippen LogP contribution in [0, 0.1) is 0 Å². The Morgan fingerprint density at radius 1 is 0.804 bits per heavy atom. The summed E-state index contributed by atoms with van der Waals surface area (Å²) in [5, 5.41) is 0. The fourth-order valence-electron chi connectivity index (χ4n) is 5.91. The summed E-state index contributed by atoms with van der Waals surface area (Å²) in [6, 6.07) is 8.51. The Morgan fingerprint density at radius 2 is 1.35 bits per heavy atom. The Hall–Kier alpha value is -3.89. The number of amides is 1. The summed E-state index contributed by atoms with van der Waals surface area (Å²) >= 11 is 0. The molecule has 3 heterocycles. The molecule has 3 saturated heterocycles. The first-order valence-electron chi connectivity index (χ1n) is 14.3. The van der Waals surface area contributed by atoms with Gasteiger partial charge in [-0.3, -0.25) is 0 Å². The van der Waals surface area contributed by atoms with Gasteiger partial charge in [0.1, 0.15) is 6.10 Å². The first kappa shape index (κ1) is 33.5. The number of piperidine rings is 1. The van der Waals surface area contributed by atoms with Crippen LogP contribution in [0.1, 0.15) is 47.6 Å². The summed E-state index contributed by atoms with van der Waals surface area (Å²) in [5.41, 5.74) is -3.30. The van der Waals surface area contributed by atoms with Crippen LogP contribution >= 0.6 is 0 Å². The second kappa shape index (κ2) is 12.7. The van der Waals surface area contributed by atoms with E-state index in [4.69, 9.17) is 23.7 Å². The smallest absolute Gasteiger partial charge is 0.422 e. The molecular weight excluding hydrogens is 630 g/mol. The van der Waals surface area contributed by atoms with Gasteiger partial charge in [0, 0.05) is 46.2 Å². The van der Waals surface area contributed by atoms with Crippen molar-refractivity contribution in [2.45, 2.75) is 49.2 Å². The first-order chi connectivity index (χ1) is 21.7. The van der Waals surface area contributed by atoms with E-state index in [0.29, 0.717) is 26.1 Å². The molecule has 250 valence electrons. The molecule has 10 nitrogen and oxygen atoms in total. The zero-order chi connectivity index (χ0) is 33.3. The molecule has 2 spiro atoms. The number of alkyl halides is 6. The molecule has 0 radical (unpaired) electrons. The van der Waals surface area contributed by atoms with Crippen LogP contribution in [0.5, 0.6) is 0 Å². The van der Waals surface area contributed by atoms with Crippen LogP contribution in [0.4, 0.5) is 31.1 Å². The third kappa shape index (κ3) is 6.51. The molecule has 3 aliphatic rings. The van der Waals surface area contributed by atoms with Gasteiger partial charge in [-0.25, -0.2) is 19.3 Å². The minimum atomic E-state index is -4.66. The average molecular weight is 661 g/mol. The summed E-state index contributed by atoms with van der Waals surface area (Å²) in [6.07, 6.45) is -10.8. The lowest BCUT2D eigenvalue weighted by Gasteiger charge is -2.43. The Morgan fingerprint density at radius 3 is 1.85 bits per heavy atom. The molecule has 0 aliphatic carbocycles. The molecule has 0 saturated carbocycles. The van der Waals surface area contributed by atoms with Crippen molar-refractivity contribution < 1.29 is 64.4 Å². The van der Waals surface area contributed by atoms with E-state index in [1.165, 1.54) is 31.4 Å². The normalized spacial score (nSPS) is 19.7. The van der Waals surface area contributed by atoms with Gasteiger partial charge in [0.25, 0.3) is 0 Å². The number of halogens is 6. The maximum absolute atomic E-state index is 13.4. The van der Waals surface area contributed by atoms with Crippen molar-refractivity contribution in [2.75, 3.05) is 46.5 Å². The second-order valence-corrected chi connectivity index (χ2v) is 11.1. The van der Waals surface area contributed by atoms with Crippen LogP contribution in [0.2, 0.25) is 0 Å². The van der Waals surface area contributed by atoms with Crippen molar-refractivity contribution in [1.82, 2.24) is 9.80 Å². The van der Waals surface area contributed by atoms with Crippen LogP contribution in [0.3, 0.4) is 0 Å². The number of hydrogen-bond donors (Lipinski definition) is 0. The number of esters is 2. The van der Waals surface area contributed by atoms with Gasteiger partial charge in [-0.1, -0.05) is 24.3 Å². The number of carbonyl (C=O) groups is 3. The molecule has 1 amide bonds. The van der Waals surface area contributed by atoms with Crippen molar-refractivity contribution in [3.05, 3.63) is 70.8 Å². The number of hydrogen-bond acceptors (Lipinski definition) is 9. The van der Waals surface area contributed by atoms with E-state index < -0.39 is 59.1 Å². The van der Waals surface area contributed by atoms with E-state index in [9.17, 15) is 40.7 Å². The van der Waals surface area contributed by atoms with E-state index >= 15 is 0 Å². The number of ether oxygens (including phenoxy) is 5. The Balaban J connectivity index is 1.25. The standard InChI is InChI=1S/C30H30F6N2O8/c1-42-16-14-38-26(41)46-27(30(38)44-24(39)25(40)45-30)9-12-37(13-10-27)11-4-15-43-23(19-5-2-7-21(17-19)28(31,32)33)20-6-3-8-22(18-20)29(34,35)36/h2-3,5-8,17-18,23H,4,9-16H2,1H3. The highest BCUT2D eigenvalue weighted by atomic mass is 19.4. The van der Waals surface area contributed by atoms with Gasteiger partial charge in [-0.2, -0.15) is 26.3 Å². The molecular formula is C30H30F6N2O8. The van der Waals surface area contributed by atoms with Crippen LogP contribution in [0.25, 0.3) is 0 Å². The third-order valence-corrected chi connectivity index (χ3v) is 8.18. The van der Waals surface area contributed by atoms with Gasteiger partial charge in [0.15, 0.2) is 0 Å². The maximum atomic E-state index is 13.4. The fraction of sp³-hybridized carbons (Fsp3) is 0.500. The van der Waals surface area contributed by atoms with Gasteiger partial charge in [-0.15, -0.1) is 0 Å². The van der Waals surface area contributed by atoms with E-state index in [1.54, 1.807) is 0 Å². The molecule has 2 aromatic rings. The Kier molecular flexibility index (Phi) is 9.26. The number of fused-ring (bicyclic) bond motifs is 1. The van der Waals surface area contributed by atoms with Gasteiger partial charge in [-0.05, 0) is 41.8 Å². The monoisotopic (exact) mass is 660 g/mol. The van der Waals surface area contributed by atoms with Gasteiger partial charge in [0.2, 0.25) is 5.60 Å². The largest absolute Gasteiger partial charge is 0.432 e. The van der Waals surface area contributed by atoms with Crippen LogP contribution in [-0.4, -0.2) is 85.8 Å². The minimum Gasteiger partial charge on any atom is -0.432 e. The number of carbonyl (C=O) groups excluding carboxylic acids is 3. The summed E-state index contributed by atoms with van der Waals surface area (Å²) in [4.78, 5) is 39.9. The van der Waals surface area contributed by atoms with Crippen LogP contribution in [0.15, 0.2) is 48.5 Å². The number of likely N-dealkylation sites (tertiary alicyclic amines) is 1. The van der Waals surface area contributed by atoms with Gasteiger partial charge < -0.3 is 28.6 Å². The Bertz CT molecular complexity index is 1380. The lowest BCUT2D eigenvalue weighted by atomic mass is 9.87. The molecule has 0 N–H and O–H groups in total. The molecule has 5 rings (SSSR count). The Labute approximate surface area is 259 Å². The second-order valence-electron chi connectivity index (χ2n) is 11.1. The van der Waals surface area contributed by atoms with Crippen molar-refractivity contribution >= 4 is 18.0 Å². The summed E-state index contributed by atoms with van der Waals surface area (Å²) < 4.78 is 108. The topological polar surface area (TPSA) is 104 Å². The van der Waals surface area contributed by atoms with Crippen molar-refractivity contribution in [3.8, 4) is 0 Å². The van der Waals surface area contributed by atoms with E-state index in [1.807, 2.05) is 4.90 Å². The van der Waals surface area contributed by atoms with E-state index in [-0.39, 0.29) is 43.7 Å². The highest BCUT2D eigenvalue weighted by Gasteiger charge is 2.75. The lowest BCUT2D eigenvalue weighted by molar-refractivity contribution is -0.287. The maximum Gasteiger partial charge on any atom is 0.422 e. The summed E-state index contributed by atoms with van der Waals surface area (Å²) in [7, 11) is 1.40. The number of nitrogens with zero attached hydrogens (tertiary/aromatic N) is 2. The molecule has 0 unspecified atom stereocenters. The molecule has 3 aliphatic heterocycles. The van der Waals surface area contributed by atoms with Crippen molar-refractivity contribution in [3.63, 3.8) is 0 Å². The van der Waals surface area contributed by atoms with E-state index in [2.05, 4.69) is 0 Å². The number of benzene rings is 2. The summed E-state index contributed by atoms with van der Waals surface area (Å²) in [5.74, 6) is -4.58. The van der Waals surface area contributed by atoms with Gasteiger partial charge >= 0.3 is 36.3 Å². The zero-order valence-corrected chi connectivity index (χ0v) is 24.5. The van der Waals surface area contributed by atoms with Crippen LogP contribution < -0.4 is 0 Å². The third-order valence-electron chi connectivity index (χ3n) is 8.18. The zero-order valence-electron chi connectivity index (χ0n) is 24.5. The minimum absolute atomic E-state index is 0.0161. The predicted octanol–water partition coefficient (Wildman–Crippen LogP) is 4.91.